The van der Waals surface area contributed by atoms with E-state index in [4.69, 9.17) is 4.74 Å². The van der Waals surface area contributed by atoms with E-state index in [1.165, 1.54) is 0 Å². The minimum Gasteiger partial charge on any atom is -0.376 e. The van der Waals surface area contributed by atoms with E-state index in [-0.39, 0.29) is 22.3 Å². The zero-order valence-electron chi connectivity index (χ0n) is 18.0. The molecule has 162 valence electrons. The first-order valence-corrected chi connectivity index (χ1v) is 11.7. The summed E-state index contributed by atoms with van der Waals surface area (Å²) in [6.45, 7) is 9.14. The first kappa shape index (κ1) is 22.3. The zero-order valence-corrected chi connectivity index (χ0v) is 18.8. The second kappa shape index (κ2) is 8.78. The lowest BCUT2D eigenvalue weighted by Crippen LogP contribution is -2.31. The van der Waals surface area contributed by atoms with Crippen molar-refractivity contribution in [2.45, 2.75) is 57.0 Å². The van der Waals surface area contributed by atoms with Crippen LogP contribution >= 0.6 is 0 Å². The SMILES string of the molecule is Cc1ccc(C(C)(C)C)cc1S(=O)(=O)Nc1ccc(C(=O)NCC2CCCO2)cc1. The summed E-state index contributed by atoms with van der Waals surface area (Å²) in [6.07, 6.45) is 2.05. The third-order valence-electron chi connectivity index (χ3n) is 5.26. The summed E-state index contributed by atoms with van der Waals surface area (Å²) >= 11 is 0. The van der Waals surface area contributed by atoms with Crippen LogP contribution < -0.4 is 10.0 Å². The lowest BCUT2D eigenvalue weighted by molar-refractivity contribution is 0.0858. The van der Waals surface area contributed by atoms with Gasteiger partial charge in [-0.1, -0.05) is 32.9 Å². The van der Waals surface area contributed by atoms with Crippen molar-refractivity contribution in [1.82, 2.24) is 5.32 Å². The van der Waals surface area contributed by atoms with E-state index in [1.54, 1.807) is 37.3 Å². The average Bonchev–Trinajstić information content (AvgIpc) is 3.19. The quantitative estimate of drug-likeness (QED) is 0.725. The molecule has 1 saturated heterocycles. The molecule has 1 atom stereocenters. The largest absolute Gasteiger partial charge is 0.376 e. The van der Waals surface area contributed by atoms with Crippen LogP contribution in [0.2, 0.25) is 0 Å². The Labute approximate surface area is 179 Å². The molecule has 1 aliphatic rings. The Hall–Kier alpha value is -2.38. The number of benzene rings is 2. The molecule has 1 aliphatic heterocycles. The van der Waals surface area contributed by atoms with Crippen molar-refractivity contribution in [1.29, 1.82) is 0 Å². The maximum absolute atomic E-state index is 13.0. The van der Waals surface area contributed by atoms with E-state index in [0.717, 1.165) is 25.0 Å². The predicted octanol–water partition coefficient (Wildman–Crippen LogP) is 4.00. The van der Waals surface area contributed by atoms with Gasteiger partial charge in [-0.3, -0.25) is 9.52 Å². The van der Waals surface area contributed by atoms with Crippen LogP contribution in [0, 0.1) is 6.92 Å². The van der Waals surface area contributed by atoms with Crippen LogP contribution in [-0.2, 0) is 20.2 Å². The third kappa shape index (κ3) is 5.40. The molecule has 0 spiro atoms. The Balaban J connectivity index is 1.70. The molecule has 3 rings (SSSR count). The number of rotatable bonds is 6. The number of hydrogen-bond donors (Lipinski definition) is 2. The van der Waals surface area contributed by atoms with E-state index in [0.29, 0.717) is 23.4 Å². The molecule has 2 aromatic rings. The van der Waals surface area contributed by atoms with Gasteiger partial charge >= 0.3 is 0 Å². The molecule has 7 heteroatoms. The Kier molecular flexibility index (Phi) is 6.53. The number of carbonyl (C=O) groups excluding carboxylic acids is 1. The molecule has 1 unspecified atom stereocenters. The topological polar surface area (TPSA) is 84.5 Å². The number of aryl methyl sites for hydroxylation is 1. The number of nitrogens with one attached hydrogen (secondary N) is 2. The molecule has 30 heavy (non-hydrogen) atoms. The van der Waals surface area contributed by atoms with E-state index in [1.807, 2.05) is 32.9 Å². The van der Waals surface area contributed by atoms with Gasteiger partial charge in [0.15, 0.2) is 0 Å². The van der Waals surface area contributed by atoms with Gasteiger partial charge in [0.05, 0.1) is 11.0 Å². The molecule has 6 nitrogen and oxygen atoms in total. The van der Waals surface area contributed by atoms with Gasteiger partial charge in [-0.2, -0.15) is 0 Å². The molecule has 1 amide bonds. The van der Waals surface area contributed by atoms with Gasteiger partial charge in [0.2, 0.25) is 0 Å². The van der Waals surface area contributed by atoms with Crippen molar-refractivity contribution >= 4 is 21.6 Å². The molecule has 1 heterocycles. The van der Waals surface area contributed by atoms with Gasteiger partial charge in [-0.05, 0) is 66.6 Å². The number of amides is 1. The molecule has 0 aliphatic carbocycles. The van der Waals surface area contributed by atoms with Crippen molar-refractivity contribution in [3.05, 3.63) is 59.2 Å². The number of anilines is 1. The van der Waals surface area contributed by atoms with Crippen LogP contribution in [-0.4, -0.2) is 33.6 Å². The standard InChI is InChI=1S/C23H30N2O4S/c1-16-7-10-18(23(2,3)4)14-21(16)30(27,28)25-19-11-8-17(9-12-19)22(26)24-15-20-6-5-13-29-20/h7-12,14,20,25H,5-6,13,15H2,1-4H3,(H,24,26). The molecule has 0 aromatic heterocycles. The first-order chi connectivity index (χ1) is 14.1. The normalized spacial score (nSPS) is 17.0. The Bertz CT molecular complexity index is 1000. The van der Waals surface area contributed by atoms with Crippen molar-refractivity contribution < 1.29 is 17.9 Å². The summed E-state index contributed by atoms with van der Waals surface area (Å²) in [6, 6.07) is 11.9. The maximum Gasteiger partial charge on any atom is 0.262 e. The molecule has 0 bridgehead atoms. The molecule has 0 saturated carbocycles. The molecular formula is C23H30N2O4S. The fourth-order valence-corrected chi connectivity index (χ4v) is 4.70. The smallest absolute Gasteiger partial charge is 0.262 e. The fourth-order valence-electron chi connectivity index (χ4n) is 3.37. The number of hydrogen-bond acceptors (Lipinski definition) is 4. The highest BCUT2D eigenvalue weighted by Crippen LogP contribution is 2.27. The molecular weight excluding hydrogens is 400 g/mol. The van der Waals surface area contributed by atoms with Gasteiger partial charge in [-0.25, -0.2) is 8.42 Å². The first-order valence-electron chi connectivity index (χ1n) is 10.2. The molecule has 2 N–H and O–H groups in total. The fraction of sp³-hybridized carbons (Fsp3) is 0.435. The van der Waals surface area contributed by atoms with Crippen LogP contribution in [0.15, 0.2) is 47.4 Å². The van der Waals surface area contributed by atoms with Crippen LogP contribution in [0.25, 0.3) is 0 Å². The lowest BCUT2D eigenvalue weighted by atomic mass is 9.87. The highest BCUT2D eigenvalue weighted by atomic mass is 32.2. The maximum atomic E-state index is 13.0. The third-order valence-corrected chi connectivity index (χ3v) is 6.78. The van der Waals surface area contributed by atoms with Gasteiger partial charge in [0.25, 0.3) is 15.9 Å². The van der Waals surface area contributed by atoms with Gasteiger partial charge in [-0.15, -0.1) is 0 Å². The highest BCUT2D eigenvalue weighted by Gasteiger charge is 2.22. The minimum atomic E-state index is -3.75. The van der Waals surface area contributed by atoms with E-state index in [9.17, 15) is 13.2 Å². The van der Waals surface area contributed by atoms with Crippen molar-refractivity contribution in [2.75, 3.05) is 17.9 Å². The summed E-state index contributed by atoms with van der Waals surface area (Å²) in [5.74, 6) is -0.200. The Morgan fingerprint density at radius 2 is 1.83 bits per heavy atom. The number of ether oxygens (including phenoxy) is 1. The number of carbonyl (C=O) groups is 1. The van der Waals surface area contributed by atoms with E-state index < -0.39 is 10.0 Å². The summed E-state index contributed by atoms with van der Waals surface area (Å²) in [5.41, 5.74) is 2.36. The lowest BCUT2D eigenvalue weighted by Gasteiger charge is -2.21. The molecule has 2 aromatic carbocycles. The summed E-state index contributed by atoms with van der Waals surface area (Å²) < 4.78 is 34.1. The van der Waals surface area contributed by atoms with Crippen molar-refractivity contribution in [3.63, 3.8) is 0 Å². The Morgan fingerprint density at radius 3 is 2.43 bits per heavy atom. The van der Waals surface area contributed by atoms with E-state index >= 15 is 0 Å². The summed E-state index contributed by atoms with van der Waals surface area (Å²) in [5, 5.41) is 2.86. The second-order valence-electron chi connectivity index (χ2n) is 8.76. The van der Waals surface area contributed by atoms with Gasteiger partial charge in [0, 0.05) is 24.4 Å². The number of sulfonamides is 1. The van der Waals surface area contributed by atoms with Crippen molar-refractivity contribution in [2.24, 2.45) is 0 Å². The molecule has 1 fully saturated rings. The van der Waals surface area contributed by atoms with Crippen molar-refractivity contribution in [3.8, 4) is 0 Å². The van der Waals surface area contributed by atoms with Gasteiger partial charge in [0.1, 0.15) is 0 Å². The highest BCUT2D eigenvalue weighted by molar-refractivity contribution is 7.92. The Morgan fingerprint density at radius 1 is 1.13 bits per heavy atom. The summed E-state index contributed by atoms with van der Waals surface area (Å²) in [7, 11) is -3.75. The van der Waals surface area contributed by atoms with Crippen LogP contribution in [0.4, 0.5) is 5.69 Å². The van der Waals surface area contributed by atoms with E-state index in [2.05, 4.69) is 10.0 Å². The van der Waals surface area contributed by atoms with Crippen LogP contribution in [0.1, 0.15) is 55.1 Å². The second-order valence-corrected chi connectivity index (χ2v) is 10.4. The molecule has 0 radical (unpaired) electrons. The average molecular weight is 431 g/mol. The summed E-state index contributed by atoms with van der Waals surface area (Å²) in [4.78, 5) is 12.5. The monoisotopic (exact) mass is 430 g/mol. The predicted molar refractivity (Wildman–Crippen MR) is 118 cm³/mol. The van der Waals surface area contributed by atoms with Crippen LogP contribution in [0.3, 0.4) is 0 Å². The zero-order chi connectivity index (χ0) is 21.9. The van der Waals surface area contributed by atoms with Crippen LogP contribution in [0.5, 0.6) is 0 Å². The van der Waals surface area contributed by atoms with Gasteiger partial charge < -0.3 is 10.1 Å². The minimum absolute atomic E-state index is 0.0761.